The van der Waals surface area contributed by atoms with E-state index in [1.807, 2.05) is 5.38 Å². The van der Waals surface area contributed by atoms with Crippen molar-refractivity contribution in [2.24, 2.45) is 0 Å². The summed E-state index contributed by atoms with van der Waals surface area (Å²) in [6.45, 7) is 3.95. The number of hydrogen-bond donors (Lipinski definition) is 2. The lowest BCUT2D eigenvalue weighted by Crippen LogP contribution is -2.26. The van der Waals surface area contributed by atoms with E-state index in [2.05, 4.69) is 15.3 Å². The number of rotatable bonds is 7. The Kier molecular flexibility index (Phi) is 5.21. The third-order valence-corrected chi connectivity index (χ3v) is 5.80. The average Bonchev–Trinajstić information content (AvgIpc) is 3.12. The molecule has 0 bridgehead atoms. The zero-order valence-corrected chi connectivity index (χ0v) is 16.0. The van der Waals surface area contributed by atoms with Crippen LogP contribution in [0, 0.1) is 0 Å². The van der Waals surface area contributed by atoms with Crippen LogP contribution in [0.2, 0.25) is 5.02 Å². The van der Waals surface area contributed by atoms with E-state index in [4.69, 9.17) is 16.0 Å². The normalized spacial score (nSPS) is 11.8. The topological polar surface area (TPSA) is 88.3 Å². The first-order chi connectivity index (χ1) is 11.8. The number of fused-ring (bicyclic) bond motifs is 1. The van der Waals surface area contributed by atoms with Gasteiger partial charge >= 0.3 is 5.97 Å². The van der Waals surface area contributed by atoms with Gasteiger partial charge in [-0.05, 0) is 32.0 Å². The largest absolute Gasteiger partial charge is 0.480 e. The van der Waals surface area contributed by atoms with E-state index in [0.717, 1.165) is 10.0 Å². The number of thiazole rings is 1. The Hall–Kier alpha value is -1.77. The van der Waals surface area contributed by atoms with Crippen molar-refractivity contribution in [3.63, 3.8) is 0 Å². The zero-order valence-electron chi connectivity index (χ0n) is 13.6. The summed E-state index contributed by atoms with van der Waals surface area (Å²) in [5, 5.41) is 14.8. The highest BCUT2D eigenvalue weighted by atomic mass is 35.5. The highest BCUT2D eigenvalue weighted by molar-refractivity contribution is 8.02. The number of carbonyl (C=O) groups is 1. The van der Waals surface area contributed by atoms with Crippen LogP contribution in [0.3, 0.4) is 0 Å². The van der Waals surface area contributed by atoms with Gasteiger partial charge < -0.3 is 14.8 Å². The number of carboxylic acid groups (broad SMARTS) is 1. The first kappa shape index (κ1) is 18.0. The number of carboxylic acids is 1. The predicted molar refractivity (Wildman–Crippen MR) is 101 cm³/mol. The summed E-state index contributed by atoms with van der Waals surface area (Å²) < 4.78 is 5.44. The fourth-order valence-electron chi connectivity index (χ4n) is 1.99. The molecule has 0 fully saturated rings. The van der Waals surface area contributed by atoms with Crippen LogP contribution in [0.4, 0.5) is 6.01 Å². The van der Waals surface area contributed by atoms with Gasteiger partial charge in [0, 0.05) is 23.4 Å². The number of nitrogens with zero attached hydrogens (tertiary/aromatic N) is 2. The van der Waals surface area contributed by atoms with Crippen molar-refractivity contribution >= 4 is 57.8 Å². The first-order valence-corrected chi connectivity index (χ1v) is 9.58. The van der Waals surface area contributed by atoms with E-state index in [1.54, 1.807) is 32.0 Å². The van der Waals surface area contributed by atoms with E-state index in [9.17, 15) is 9.90 Å². The molecule has 0 aliphatic carbocycles. The fourth-order valence-corrected chi connectivity index (χ4v) is 4.38. The second kappa shape index (κ2) is 7.23. The standard InChI is InChI=1S/C16H16ClN3O3S2/c1-16(2,13(21)22)25-15-19-10(8-24-15)5-6-18-14-20-11-7-9(17)3-4-12(11)23-14/h3-4,7-8H,5-6H2,1-2H3,(H,18,20)(H,21,22). The molecule has 9 heteroatoms. The minimum absolute atomic E-state index is 0.439. The molecular formula is C16H16ClN3O3S2. The summed E-state index contributed by atoms with van der Waals surface area (Å²) >= 11 is 8.64. The summed E-state index contributed by atoms with van der Waals surface area (Å²) in [5.74, 6) is -0.855. The molecule has 0 aliphatic rings. The Bertz CT molecular complexity index is 907. The zero-order chi connectivity index (χ0) is 18.0. The van der Waals surface area contributed by atoms with Crippen LogP contribution in [0.25, 0.3) is 11.1 Å². The Morgan fingerprint density at radius 1 is 1.44 bits per heavy atom. The summed E-state index contributed by atoms with van der Waals surface area (Å²) in [7, 11) is 0. The molecule has 0 aliphatic heterocycles. The highest BCUT2D eigenvalue weighted by Gasteiger charge is 2.29. The van der Waals surface area contributed by atoms with Crippen molar-refractivity contribution in [1.82, 2.24) is 9.97 Å². The quantitative estimate of drug-likeness (QED) is 0.565. The molecule has 2 N–H and O–H groups in total. The van der Waals surface area contributed by atoms with Crippen LogP contribution in [0.1, 0.15) is 19.5 Å². The second-order valence-electron chi connectivity index (χ2n) is 5.83. The van der Waals surface area contributed by atoms with Gasteiger partial charge in [0.05, 0.1) is 5.69 Å². The van der Waals surface area contributed by atoms with Gasteiger partial charge in [0.1, 0.15) is 10.3 Å². The molecular weight excluding hydrogens is 382 g/mol. The molecule has 0 unspecified atom stereocenters. The third-order valence-electron chi connectivity index (χ3n) is 3.40. The van der Waals surface area contributed by atoms with Gasteiger partial charge in [-0.2, -0.15) is 4.98 Å². The lowest BCUT2D eigenvalue weighted by molar-refractivity contribution is -0.138. The number of oxazole rings is 1. The number of hydrogen-bond acceptors (Lipinski definition) is 7. The van der Waals surface area contributed by atoms with Gasteiger partial charge in [-0.3, -0.25) is 4.79 Å². The molecule has 0 radical (unpaired) electrons. The van der Waals surface area contributed by atoms with E-state index in [0.29, 0.717) is 35.1 Å². The molecule has 3 aromatic rings. The van der Waals surface area contributed by atoms with Gasteiger partial charge in [-0.15, -0.1) is 11.3 Å². The summed E-state index contributed by atoms with van der Waals surface area (Å²) in [6.07, 6.45) is 0.685. The molecule has 0 spiro atoms. The average molecular weight is 398 g/mol. The van der Waals surface area contributed by atoms with Crippen LogP contribution < -0.4 is 5.32 Å². The van der Waals surface area contributed by atoms with Crippen molar-refractivity contribution < 1.29 is 14.3 Å². The lowest BCUT2D eigenvalue weighted by Gasteiger charge is -2.15. The Labute approximate surface area is 157 Å². The van der Waals surface area contributed by atoms with Crippen LogP contribution in [0.5, 0.6) is 0 Å². The second-order valence-corrected chi connectivity index (χ2v) is 8.99. The molecule has 1 aromatic carbocycles. The maximum Gasteiger partial charge on any atom is 0.319 e. The smallest absolute Gasteiger partial charge is 0.319 e. The van der Waals surface area contributed by atoms with Crippen LogP contribution >= 0.6 is 34.7 Å². The van der Waals surface area contributed by atoms with Gasteiger partial charge in [0.2, 0.25) is 0 Å². The van der Waals surface area contributed by atoms with Gasteiger partial charge in [0.25, 0.3) is 6.01 Å². The lowest BCUT2D eigenvalue weighted by atomic mass is 10.2. The van der Waals surface area contributed by atoms with E-state index >= 15 is 0 Å². The molecule has 0 amide bonds. The molecule has 0 atom stereocenters. The predicted octanol–water partition coefficient (Wildman–Crippen LogP) is 4.55. The van der Waals surface area contributed by atoms with Crippen molar-refractivity contribution in [3.05, 3.63) is 34.3 Å². The minimum atomic E-state index is -0.896. The molecule has 3 rings (SSSR count). The molecule has 132 valence electrons. The number of nitrogens with one attached hydrogen (secondary N) is 1. The number of aliphatic carboxylic acids is 1. The number of halogens is 1. The summed E-state index contributed by atoms with van der Waals surface area (Å²) in [5.41, 5.74) is 2.29. The maximum absolute atomic E-state index is 11.2. The van der Waals surface area contributed by atoms with E-state index < -0.39 is 10.7 Å². The monoisotopic (exact) mass is 397 g/mol. The number of thioether (sulfide) groups is 1. The SMILES string of the molecule is CC(C)(Sc1nc(CCNc2nc3cc(Cl)ccc3o2)cs1)C(=O)O. The molecule has 2 aromatic heterocycles. The Morgan fingerprint density at radius 2 is 2.24 bits per heavy atom. The molecule has 2 heterocycles. The van der Waals surface area contributed by atoms with Crippen LogP contribution in [0.15, 0.2) is 32.3 Å². The maximum atomic E-state index is 11.2. The first-order valence-electron chi connectivity index (χ1n) is 7.50. The van der Waals surface area contributed by atoms with Crippen molar-refractivity contribution in [2.45, 2.75) is 29.4 Å². The van der Waals surface area contributed by atoms with Gasteiger partial charge in [-0.1, -0.05) is 23.4 Å². The number of aromatic nitrogens is 2. The third kappa shape index (κ3) is 4.45. The van der Waals surface area contributed by atoms with Crippen LogP contribution in [-0.4, -0.2) is 32.3 Å². The molecule has 6 nitrogen and oxygen atoms in total. The molecule has 0 saturated heterocycles. The Balaban J connectivity index is 1.56. The van der Waals surface area contributed by atoms with Crippen molar-refractivity contribution in [1.29, 1.82) is 0 Å². The molecule has 25 heavy (non-hydrogen) atoms. The number of benzene rings is 1. The van der Waals surface area contributed by atoms with Crippen LogP contribution in [-0.2, 0) is 11.2 Å². The van der Waals surface area contributed by atoms with E-state index in [-0.39, 0.29) is 0 Å². The highest BCUT2D eigenvalue weighted by Crippen LogP contribution is 2.34. The number of anilines is 1. The summed E-state index contributed by atoms with van der Waals surface area (Å²) in [4.78, 5) is 20.0. The van der Waals surface area contributed by atoms with E-state index in [1.165, 1.54) is 23.1 Å². The summed E-state index contributed by atoms with van der Waals surface area (Å²) in [6, 6.07) is 5.73. The van der Waals surface area contributed by atoms with Crippen molar-refractivity contribution in [3.8, 4) is 0 Å². The minimum Gasteiger partial charge on any atom is -0.480 e. The fraction of sp³-hybridized carbons (Fsp3) is 0.312. The van der Waals surface area contributed by atoms with Gasteiger partial charge in [-0.25, -0.2) is 4.98 Å². The molecule has 0 saturated carbocycles. The Morgan fingerprint density at radius 3 is 3.00 bits per heavy atom. The van der Waals surface area contributed by atoms with Crippen molar-refractivity contribution in [2.75, 3.05) is 11.9 Å². The van der Waals surface area contributed by atoms with Gasteiger partial charge in [0.15, 0.2) is 9.92 Å².